The lowest BCUT2D eigenvalue weighted by molar-refractivity contribution is -0.126. The highest BCUT2D eigenvalue weighted by Gasteiger charge is 2.26. The molecule has 0 aliphatic rings. The Morgan fingerprint density at radius 3 is 0.975 bits per heavy atom. The van der Waals surface area contributed by atoms with Gasteiger partial charge in [0.15, 0.2) is 20.4 Å². The zero-order valence-electron chi connectivity index (χ0n) is 50.5. The summed E-state index contributed by atoms with van der Waals surface area (Å²) in [4.78, 5) is 82.4. The van der Waals surface area contributed by atoms with E-state index < -0.39 is 82.0 Å². The number of amides is 2. The third-order valence-corrected chi connectivity index (χ3v) is 13.5. The molecule has 33 heteroatoms. The van der Waals surface area contributed by atoms with E-state index in [0.29, 0.717) is 25.3 Å². The Morgan fingerprint density at radius 2 is 0.704 bits per heavy atom. The Hall–Kier alpha value is -1.56. The number of hydrogen-bond acceptors (Lipinski definition) is 23. The molecule has 0 rings (SSSR count). The normalized spacial score (nSPS) is 15.4. The van der Waals surface area contributed by atoms with Crippen LogP contribution in [0, 0.1) is 29.6 Å². The largest absolute Gasteiger partial charge is 0.474 e. The lowest BCUT2D eigenvalue weighted by Gasteiger charge is -2.18. The van der Waals surface area contributed by atoms with E-state index in [2.05, 4.69) is 56.1 Å². The first-order chi connectivity index (χ1) is 37.3. The molecule has 0 spiro atoms. The van der Waals surface area contributed by atoms with Crippen molar-refractivity contribution in [3.05, 3.63) is 0 Å². The Balaban J connectivity index is -0.000000495. The first kappa shape index (κ1) is 85.9. The van der Waals surface area contributed by atoms with Gasteiger partial charge in [0.1, 0.15) is 18.4 Å². The van der Waals surface area contributed by atoms with Crippen molar-refractivity contribution in [2.45, 2.75) is 173 Å². The van der Waals surface area contributed by atoms with Gasteiger partial charge in [-0.3, -0.25) is 55.4 Å². The van der Waals surface area contributed by atoms with E-state index >= 15 is 0 Å². The molecule has 0 saturated heterocycles. The molecule has 486 valence electrons. The predicted octanol–water partition coefficient (Wildman–Crippen LogP) is 6.94. The van der Waals surface area contributed by atoms with E-state index in [1.165, 1.54) is 0 Å². The number of hydrogen-bond donors (Lipinski definition) is 8. The van der Waals surface area contributed by atoms with Crippen LogP contribution in [0.5, 0.6) is 0 Å². The van der Waals surface area contributed by atoms with Gasteiger partial charge in [-0.1, -0.05) is 41.5 Å². The third kappa shape index (κ3) is 62.8. The van der Waals surface area contributed by atoms with Crippen molar-refractivity contribution < 1.29 is 127 Å². The van der Waals surface area contributed by atoms with Gasteiger partial charge in [-0.2, -0.15) is 0 Å². The Labute approximate surface area is 480 Å². The lowest BCUT2D eigenvalue weighted by Crippen LogP contribution is -2.27. The topological polar surface area (TPSA) is 402 Å². The minimum absolute atomic E-state index is 0.00958. The van der Waals surface area contributed by atoms with Gasteiger partial charge in [0, 0.05) is 62.4 Å². The number of ketones is 2. The molecular formula is C48H102N2O27P4. The van der Waals surface area contributed by atoms with Crippen molar-refractivity contribution in [1.29, 1.82) is 0 Å². The number of rotatable bonds is 45. The lowest BCUT2D eigenvalue weighted by atomic mass is 10.0. The first-order valence-electron chi connectivity index (χ1n) is 26.7. The van der Waals surface area contributed by atoms with Crippen LogP contribution in [0.2, 0.25) is 0 Å². The molecule has 0 bridgehead atoms. The van der Waals surface area contributed by atoms with E-state index in [4.69, 9.17) is 33.3 Å². The number of ether oxygens (including phenoxy) is 5. The summed E-state index contributed by atoms with van der Waals surface area (Å²) >= 11 is 0. The van der Waals surface area contributed by atoms with Crippen molar-refractivity contribution in [1.82, 2.24) is 10.6 Å². The monoisotopic (exact) mass is 1260 g/mol. The highest BCUT2D eigenvalue weighted by molar-refractivity contribution is 7.48. The number of phosphoric acid groups is 4. The molecular weight excluding hydrogens is 1160 g/mol. The van der Waals surface area contributed by atoms with Gasteiger partial charge in [0.05, 0.1) is 76.8 Å². The summed E-state index contributed by atoms with van der Waals surface area (Å²) in [7, 11) is -16.5. The number of aliphatic hydroxyl groups excluding tert-OH is 2. The number of carbonyl (C=O) groups excluding carboxylic acids is 4. The minimum Gasteiger partial charge on any atom is -0.396 e. The SMILES string of the molecule is CC(C)CCNC(=O)CCC(=O)C(C)C.CC(C)OCOCC(CO)COCOP(=O)(O)OC(C)C.CC(C)OP(=O)(O)OCCNC(=O)CCC(=O)C(C)C.CC(C)OP(=O)(O)OCOCC(CO)COCOP(=O)(O)OC(C)C. The van der Waals surface area contributed by atoms with Crippen LogP contribution < -0.4 is 10.6 Å². The summed E-state index contributed by atoms with van der Waals surface area (Å²) in [5.74, 6) is -0.329. The molecule has 5 atom stereocenters. The van der Waals surface area contributed by atoms with Gasteiger partial charge in [0.25, 0.3) is 0 Å². The smallest absolute Gasteiger partial charge is 0.396 e. The Bertz CT molecular complexity index is 1790. The summed E-state index contributed by atoms with van der Waals surface area (Å²) in [6.07, 6.45) is 0.220. The molecule has 81 heavy (non-hydrogen) atoms. The zero-order chi connectivity index (χ0) is 63.4. The molecule has 0 heterocycles. The number of aliphatic hydroxyl groups is 2. The third-order valence-electron chi connectivity index (χ3n) is 8.90. The fraction of sp³-hybridized carbons (Fsp3) is 0.917. The van der Waals surface area contributed by atoms with Gasteiger partial charge in [0.2, 0.25) is 11.8 Å². The van der Waals surface area contributed by atoms with Crippen LogP contribution in [-0.4, -0.2) is 170 Å². The molecule has 0 radical (unpaired) electrons. The molecule has 0 aliphatic carbocycles. The molecule has 0 aliphatic heterocycles. The van der Waals surface area contributed by atoms with E-state index in [9.17, 15) is 62.1 Å². The number of Topliss-reactive ketones (excluding diaryl/α,β-unsaturated/α-hetero) is 2. The Kier molecular flexibility index (Phi) is 52.5. The first-order valence-corrected chi connectivity index (χ1v) is 32.6. The standard InChI is InChI=1S/C12H24NO6P.C12H23NO2.C12H28O11P2.C12H27O8P/c1-9(2)11(14)5-6-12(15)13-7-8-18-20(16,17)19-10(3)4;1-9(2)7-8-13-12(15)6-5-11(14)10(3)4;1-10(2)22-24(14,15)20-8-18-6-12(5-13)7-19-9-21-25(16,17)23-11(3)4;1-10(2)18-8-16-6-12(5-13)7-17-9-19-21(14,15)20-11(3)4/h9-10H,5-8H2,1-4H3,(H,13,15)(H,16,17);9-10H,5-8H2,1-4H3,(H,13,15);10-13H,5-9H2,1-4H3,(H,14,15)(H,16,17);10-13H,5-9H2,1-4H3,(H,14,15). The highest BCUT2D eigenvalue weighted by atomic mass is 31.2. The second-order valence-electron chi connectivity index (χ2n) is 20.1. The fourth-order valence-electron chi connectivity index (χ4n) is 4.93. The summed E-state index contributed by atoms with van der Waals surface area (Å²) in [5, 5.41) is 23.6. The minimum atomic E-state index is -4.19. The number of nitrogens with one attached hydrogen (secondary N) is 2. The molecule has 8 N–H and O–H groups in total. The maximum Gasteiger partial charge on any atom is 0.474 e. The van der Waals surface area contributed by atoms with Gasteiger partial charge in [-0.05, 0) is 81.6 Å². The van der Waals surface area contributed by atoms with Crippen molar-refractivity contribution in [2.75, 3.05) is 86.5 Å². The molecule has 0 aromatic heterocycles. The van der Waals surface area contributed by atoms with E-state index in [0.717, 1.165) is 6.42 Å². The molecule has 0 fully saturated rings. The van der Waals surface area contributed by atoms with E-state index in [-0.39, 0.29) is 120 Å². The molecule has 29 nitrogen and oxygen atoms in total. The van der Waals surface area contributed by atoms with Crippen molar-refractivity contribution >= 4 is 54.7 Å². The van der Waals surface area contributed by atoms with Crippen molar-refractivity contribution in [3.63, 3.8) is 0 Å². The second kappa shape index (κ2) is 49.5. The highest BCUT2D eigenvalue weighted by Crippen LogP contribution is 2.46. The molecule has 0 aromatic rings. The van der Waals surface area contributed by atoms with E-state index in [1.54, 1.807) is 69.2 Å². The summed E-state index contributed by atoms with van der Waals surface area (Å²) in [5.41, 5.74) is 0. The van der Waals surface area contributed by atoms with Crippen LogP contribution >= 0.6 is 31.3 Å². The predicted molar refractivity (Wildman–Crippen MR) is 298 cm³/mol. The summed E-state index contributed by atoms with van der Waals surface area (Å²) in [6.45, 7) is 27.3. The summed E-state index contributed by atoms with van der Waals surface area (Å²) < 4.78 is 108. The van der Waals surface area contributed by atoms with Crippen LogP contribution in [0.15, 0.2) is 0 Å². The molecule has 0 saturated carbocycles. The van der Waals surface area contributed by atoms with Crippen LogP contribution in [-0.2, 0) is 97.3 Å². The average molecular weight is 1260 g/mol. The van der Waals surface area contributed by atoms with Crippen LogP contribution in [0.1, 0.15) is 143 Å². The zero-order valence-corrected chi connectivity index (χ0v) is 54.1. The van der Waals surface area contributed by atoms with Crippen LogP contribution in [0.4, 0.5) is 0 Å². The maximum absolute atomic E-state index is 11.4. The quantitative estimate of drug-likeness (QED) is 0.0174. The fourth-order valence-corrected chi connectivity index (χ4v) is 8.25. The van der Waals surface area contributed by atoms with Gasteiger partial charge in [-0.25, -0.2) is 18.3 Å². The average Bonchev–Trinajstić information content (AvgIpc) is 3.31. The van der Waals surface area contributed by atoms with Crippen molar-refractivity contribution in [2.24, 2.45) is 29.6 Å². The molecule has 0 aromatic carbocycles. The second-order valence-corrected chi connectivity index (χ2v) is 25.7. The van der Waals surface area contributed by atoms with Gasteiger partial charge < -0.3 is 64.1 Å². The molecule has 2 amide bonds. The maximum atomic E-state index is 11.4. The van der Waals surface area contributed by atoms with E-state index in [1.807, 2.05) is 27.7 Å². The van der Waals surface area contributed by atoms with Crippen LogP contribution in [0.25, 0.3) is 0 Å². The van der Waals surface area contributed by atoms with Gasteiger partial charge in [-0.15, -0.1) is 0 Å². The van der Waals surface area contributed by atoms with Gasteiger partial charge >= 0.3 is 31.3 Å². The molecule has 5 unspecified atom stereocenters. The number of phosphoric ester groups is 4. The summed E-state index contributed by atoms with van der Waals surface area (Å²) in [6, 6.07) is 0. The van der Waals surface area contributed by atoms with Crippen LogP contribution in [0.3, 0.4) is 0 Å². The number of carbonyl (C=O) groups is 4. The van der Waals surface area contributed by atoms with Crippen molar-refractivity contribution in [3.8, 4) is 0 Å². The Morgan fingerprint density at radius 1 is 0.407 bits per heavy atom.